The highest BCUT2D eigenvalue weighted by Crippen LogP contribution is 2.31. The number of rotatable bonds is 8. The van der Waals surface area contributed by atoms with Gasteiger partial charge in [0.25, 0.3) is 15.7 Å². The van der Waals surface area contributed by atoms with Crippen molar-refractivity contribution in [3.05, 3.63) is 87.4 Å². The Balaban J connectivity index is 1.98. The van der Waals surface area contributed by atoms with Crippen molar-refractivity contribution in [1.29, 1.82) is 0 Å². The number of benzene rings is 3. The summed E-state index contributed by atoms with van der Waals surface area (Å²) in [5.41, 5.74) is 3.05. The first-order valence-corrected chi connectivity index (χ1v) is 10.7. The van der Waals surface area contributed by atoms with Crippen molar-refractivity contribution in [2.45, 2.75) is 4.90 Å². The van der Waals surface area contributed by atoms with Gasteiger partial charge in [0, 0.05) is 22.7 Å². The van der Waals surface area contributed by atoms with E-state index in [1.54, 1.807) is 42.5 Å². The van der Waals surface area contributed by atoms with Crippen LogP contribution in [0.1, 0.15) is 5.56 Å². The second-order valence-corrected chi connectivity index (χ2v) is 8.19. The Labute approximate surface area is 183 Å². The van der Waals surface area contributed by atoms with Gasteiger partial charge in [0.15, 0.2) is 0 Å². The number of methoxy groups -OCH3 is 1. The molecule has 0 fully saturated rings. The van der Waals surface area contributed by atoms with Gasteiger partial charge in [-0.2, -0.15) is 5.10 Å². The number of hydrogen-bond donors (Lipinski definition) is 2. The number of nitro groups is 1. The number of non-ortho nitro benzene ring substituents is 1. The SMILES string of the molecule is COc1ccccc1NS(=O)(=O)c1cc([N+](=O)[O-])ccc1N/N=C\c1ccccc1Cl. The van der Waals surface area contributed by atoms with E-state index in [9.17, 15) is 18.5 Å². The molecule has 0 radical (unpaired) electrons. The number of anilines is 2. The minimum absolute atomic E-state index is 0.0382. The molecule has 0 aliphatic rings. The fourth-order valence-electron chi connectivity index (χ4n) is 2.62. The van der Waals surface area contributed by atoms with Gasteiger partial charge in [-0.1, -0.05) is 41.9 Å². The lowest BCUT2D eigenvalue weighted by molar-refractivity contribution is -0.385. The minimum Gasteiger partial charge on any atom is -0.495 e. The van der Waals surface area contributed by atoms with Crippen LogP contribution in [0.15, 0.2) is 76.7 Å². The largest absolute Gasteiger partial charge is 0.495 e. The second kappa shape index (κ2) is 9.45. The molecule has 31 heavy (non-hydrogen) atoms. The van der Waals surface area contributed by atoms with Crippen molar-refractivity contribution < 1.29 is 18.1 Å². The lowest BCUT2D eigenvalue weighted by atomic mass is 10.2. The summed E-state index contributed by atoms with van der Waals surface area (Å²) in [7, 11) is -2.83. The van der Waals surface area contributed by atoms with Gasteiger partial charge < -0.3 is 4.74 Å². The molecule has 160 valence electrons. The first kappa shape index (κ1) is 22.1. The number of nitrogens with one attached hydrogen (secondary N) is 2. The molecule has 11 heteroatoms. The van der Waals surface area contributed by atoms with Crippen molar-refractivity contribution in [2.24, 2.45) is 5.10 Å². The predicted molar refractivity (Wildman–Crippen MR) is 120 cm³/mol. The van der Waals surface area contributed by atoms with E-state index in [1.807, 2.05) is 0 Å². The Morgan fingerprint density at radius 3 is 2.48 bits per heavy atom. The van der Waals surface area contributed by atoms with Gasteiger partial charge in [-0.15, -0.1) is 0 Å². The zero-order chi connectivity index (χ0) is 22.4. The maximum atomic E-state index is 13.1. The summed E-state index contributed by atoms with van der Waals surface area (Å²) in [5, 5.41) is 15.7. The summed E-state index contributed by atoms with van der Waals surface area (Å²) < 4.78 is 33.6. The molecule has 0 spiro atoms. The molecule has 2 N–H and O–H groups in total. The Kier molecular flexibility index (Phi) is 6.73. The quantitative estimate of drug-likeness (QED) is 0.290. The van der Waals surface area contributed by atoms with E-state index in [1.165, 1.54) is 31.5 Å². The van der Waals surface area contributed by atoms with Crippen LogP contribution in [0.3, 0.4) is 0 Å². The van der Waals surface area contributed by atoms with Crippen LogP contribution in [0.4, 0.5) is 17.1 Å². The first-order chi connectivity index (χ1) is 14.8. The highest BCUT2D eigenvalue weighted by atomic mass is 35.5. The van der Waals surface area contributed by atoms with E-state index in [-0.39, 0.29) is 22.0 Å². The van der Waals surface area contributed by atoms with Crippen LogP contribution in [0.2, 0.25) is 5.02 Å². The van der Waals surface area contributed by atoms with Crippen molar-refractivity contribution in [2.75, 3.05) is 17.3 Å². The average Bonchev–Trinajstić information content (AvgIpc) is 2.75. The average molecular weight is 461 g/mol. The fraction of sp³-hybridized carbons (Fsp3) is 0.0500. The number of para-hydroxylation sites is 2. The number of nitro benzene ring substituents is 1. The second-order valence-electron chi connectivity index (χ2n) is 6.13. The van der Waals surface area contributed by atoms with Crippen LogP contribution >= 0.6 is 11.6 Å². The fourth-order valence-corrected chi connectivity index (χ4v) is 4.05. The molecule has 0 heterocycles. The Morgan fingerprint density at radius 1 is 1.06 bits per heavy atom. The van der Waals surface area contributed by atoms with Crippen LogP contribution in [0.5, 0.6) is 5.75 Å². The number of halogens is 1. The van der Waals surface area contributed by atoms with Crippen LogP contribution in [-0.4, -0.2) is 26.7 Å². The zero-order valence-corrected chi connectivity index (χ0v) is 17.7. The van der Waals surface area contributed by atoms with Crippen molar-refractivity contribution in [3.63, 3.8) is 0 Å². The first-order valence-electron chi connectivity index (χ1n) is 8.79. The molecular formula is C20H17ClN4O5S. The normalized spacial score (nSPS) is 11.3. The molecule has 0 aliphatic heterocycles. The molecule has 3 rings (SSSR count). The van der Waals surface area contributed by atoms with Crippen molar-refractivity contribution >= 4 is 44.9 Å². The van der Waals surface area contributed by atoms with Crippen LogP contribution in [0.25, 0.3) is 0 Å². The van der Waals surface area contributed by atoms with Gasteiger partial charge in [0.2, 0.25) is 0 Å². The highest BCUT2D eigenvalue weighted by molar-refractivity contribution is 7.93. The number of sulfonamides is 1. The van der Waals surface area contributed by atoms with Crippen molar-refractivity contribution in [3.8, 4) is 5.75 Å². The van der Waals surface area contributed by atoms with E-state index in [0.29, 0.717) is 16.3 Å². The van der Waals surface area contributed by atoms with E-state index >= 15 is 0 Å². The summed E-state index contributed by atoms with van der Waals surface area (Å²) >= 11 is 6.07. The minimum atomic E-state index is -4.23. The molecule has 3 aromatic carbocycles. The predicted octanol–water partition coefficient (Wildman–Crippen LogP) is 4.50. The molecule has 0 atom stereocenters. The molecule has 0 saturated carbocycles. The highest BCUT2D eigenvalue weighted by Gasteiger charge is 2.23. The number of hydrogen-bond acceptors (Lipinski definition) is 7. The number of nitrogens with zero attached hydrogens (tertiary/aromatic N) is 2. The molecular weight excluding hydrogens is 444 g/mol. The van der Waals surface area contributed by atoms with Crippen molar-refractivity contribution in [1.82, 2.24) is 0 Å². The number of ether oxygens (including phenoxy) is 1. The van der Waals surface area contributed by atoms with E-state index in [4.69, 9.17) is 16.3 Å². The van der Waals surface area contributed by atoms with Gasteiger partial charge >= 0.3 is 0 Å². The molecule has 0 aliphatic carbocycles. The number of hydrazone groups is 1. The monoisotopic (exact) mass is 460 g/mol. The molecule has 0 amide bonds. The van der Waals surface area contributed by atoms with E-state index in [0.717, 1.165) is 6.07 Å². The van der Waals surface area contributed by atoms with Gasteiger partial charge in [-0.25, -0.2) is 8.42 Å². The van der Waals surface area contributed by atoms with Crippen LogP contribution in [0, 0.1) is 10.1 Å². The van der Waals surface area contributed by atoms with Gasteiger partial charge in [0.1, 0.15) is 10.6 Å². The molecule has 0 aromatic heterocycles. The third-order valence-electron chi connectivity index (χ3n) is 4.11. The van der Waals surface area contributed by atoms with Gasteiger partial charge in [-0.3, -0.25) is 20.3 Å². The lowest BCUT2D eigenvalue weighted by Gasteiger charge is -2.14. The smallest absolute Gasteiger partial charge is 0.270 e. The maximum absolute atomic E-state index is 13.1. The molecule has 0 unspecified atom stereocenters. The van der Waals surface area contributed by atoms with Gasteiger partial charge in [0.05, 0.1) is 29.6 Å². The van der Waals surface area contributed by atoms with Gasteiger partial charge in [-0.05, 0) is 24.3 Å². The molecule has 0 bridgehead atoms. The summed E-state index contributed by atoms with van der Waals surface area (Å²) in [4.78, 5) is 10.2. The summed E-state index contributed by atoms with van der Waals surface area (Å²) in [6.45, 7) is 0. The van der Waals surface area contributed by atoms with E-state index < -0.39 is 14.9 Å². The Bertz CT molecular complexity index is 1250. The maximum Gasteiger partial charge on any atom is 0.270 e. The molecule has 9 nitrogen and oxygen atoms in total. The summed E-state index contributed by atoms with van der Waals surface area (Å²) in [5.74, 6) is 0.294. The van der Waals surface area contributed by atoms with Crippen LogP contribution in [-0.2, 0) is 10.0 Å². The standard InChI is InChI=1S/C20H17ClN4O5S/c1-30-19-9-5-4-8-17(19)24-31(28,29)20-12-15(25(26)27)10-11-18(20)23-22-13-14-6-2-3-7-16(14)21/h2-13,23-24H,1H3/b22-13-. The molecule has 3 aromatic rings. The Morgan fingerprint density at radius 2 is 1.77 bits per heavy atom. The Hall–Kier alpha value is -3.63. The topological polar surface area (TPSA) is 123 Å². The molecule has 0 saturated heterocycles. The van der Waals surface area contributed by atoms with Crippen LogP contribution < -0.4 is 14.9 Å². The summed E-state index contributed by atoms with van der Waals surface area (Å²) in [6.07, 6.45) is 1.41. The van der Waals surface area contributed by atoms with E-state index in [2.05, 4.69) is 15.2 Å². The zero-order valence-electron chi connectivity index (χ0n) is 16.2. The third-order valence-corrected chi connectivity index (χ3v) is 5.86. The lowest BCUT2D eigenvalue weighted by Crippen LogP contribution is -2.15. The summed E-state index contributed by atoms with van der Waals surface area (Å²) in [6, 6.07) is 16.7. The third kappa shape index (κ3) is 5.30.